The van der Waals surface area contributed by atoms with Crippen LogP contribution in [0.15, 0.2) is 36.8 Å². The smallest absolute Gasteiger partial charge is 0.383 e. The van der Waals surface area contributed by atoms with E-state index in [1.807, 2.05) is 6.07 Å². The molecule has 0 unspecified atom stereocenters. The molecule has 4 aromatic rings. The van der Waals surface area contributed by atoms with Crippen molar-refractivity contribution in [2.24, 2.45) is 11.8 Å². The number of anilines is 1. The molecule has 1 aromatic carbocycles. The number of alkyl halides is 3. The second kappa shape index (κ2) is 9.31. The SMILES string of the molecule is CN(C[C@@H]1CC[C@H](n2ccc3c(N)ncnc32)C1)C1CC(CCc2nc3ccc(C(F)(F)F)cc3[nH]2)C1. The predicted octanol–water partition coefficient (Wildman–Crippen LogP) is 5.59. The summed E-state index contributed by atoms with van der Waals surface area (Å²) in [6, 6.07) is 6.77. The molecule has 3 heterocycles. The van der Waals surface area contributed by atoms with Crippen LogP contribution in [0.4, 0.5) is 19.0 Å². The molecule has 196 valence electrons. The van der Waals surface area contributed by atoms with Crippen LogP contribution in [0.2, 0.25) is 0 Å². The zero-order valence-corrected chi connectivity index (χ0v) is 20.9. The van der Waals surface area contributed by atoms with Crippen molar-refractivity contribution in [1.29, 1.82) is 0 Å². The van der Waals surface area contributed by atoms with Crippen molar-refractivity contribution in [3.05, 3.63) is 48.2 Å². The lowest BCUT2D eigenvalue weighted by atomic mass is 9.76. The number of nitrogen functional groups attached to an aromatic ring is 1. The van der Waals surface area contributed by atoms with Gasteiger partial charge >= 0.3 is 6.18 Å². The zero-order valence-electron chi connectivity index (χ0n) is 20.9. The van der Waals surface area contributed by atoms with Gasteiger partial charge in [-0.2, -0.15) is 13.2 Å². The molecule has 2 fully saturated rings. The Balaban J connectivity index is 0.972. The van der Waals surface area contributed by atoms with Crippen LogP contribution in [0.1, 0.15) is 56.0 Å². The Kier molecular flexibility index (Phi) is 6.09. The van der Waals surface area contributed by atoms with Gasteiger partial charge < -0.3 is 20.2 Å². The number of aromatic nitrogens is 5. The van der Waals surface area contributed by atoms with E-state index >= 15 is 0 Å². The topological polar surface area (TPSA) is 88.7 Å². The lowest BCUT2D eigenvalue weighted by Crippen LogP contribution is -2.44. The van der Waals surface area contributed by atoms with Crippen LogP contribution in [0, 0.1) is 11.8 Å². The van der Waals surface area contributed by atoms with Crippen molar-refractivity contribution in [3.63, 3.8) is 0 Å². The molecule has 0 saturated heterocycles. The van der Waals surface area contributed by atoms with E-state index in [4.69, 9.17) is 5.73 Å². The minimum Gasteiger partial charge on any atom is -0.383 e. The highest BCUT2D eigenvalue weighted by Gasteiger charge is 2.35. The minimum absolute atomic E-state index is 0.453. The summed E-state index contributed by atoms with van der Waals surface area (Å²) in [6.45, 7) is 1.11. The van der Waals surface area contributed by atoms with E-state index in [0.717, 1.165) is 61.2 Å². The number of benzene rings is 1. The normalized spacial score (nSPS) is 24.4. The van der Waals surface area contributed by atoms with Gasteiger partial charge in [0.2, 0.25) is 0 Å². The van der Waals surface area contributed by atoms with Crippen molar-refractivity contribution in [2.75, 3.05) is 19.3 Å². The average Bonchev–Trinajstić information content (AvgIpc) is 3.55. The molecule has 0 spiro atoms. The fraction of sp³-hybridized carbons (Fsp3) is 0.519. The molecule has 2 aliphatic carbocycles. The summed E-state index contributed by atoms with van der Waals surface area (Å²) in [6.07, 6.45) is 6.93. The number of nitrogens with zero attached hydrogens (tertiary/aromatic N) is 5. The Bertz CT molecular complexity index is 1400. The van der Waals surface area contributed by atoms with Crippen molar-refractivity contribution >= 4 is 27.9 Å². The minimum atomic E-state index is -4.34. The molecule has 2 aliphatic rings. The van der Waals surface area contributed by atoms with Gasteiger partial charge in [-0.15, -0.1) is 0 Å². The Morgan fingerprint density at radius 1 is 1.11 bits per heavy atom. The summed E-state index contributed by atoms with van der Waals surface area (Å²) < 4.78 is 41.2. The summed E-state index contributed by atoms with van der Waals surface area (Å²) in [4.78, 5) is 18.7. The Hall–Kier alpha value is -3.14. The fourth-order valence-electron chi connectivity index (χ4n) is 6.30. The van der Waals surface area contributed by atoms with Crippen LogP contribution in [-0.2, 0) is 12.6 Å². The number of hydrogen-bond donors (Lipinski definition) is 2. The predicted molar refractivity (Wildman–Crippen MR) is 137 cm³/mol. The third kappa shape index (κ3) is 4.79. The molecule has 0 radical (unpaired) electrons. The zero-order chi connectivity index (χ0) is 25.7. The highest BCUT2D eigenvalue weighted by Crippen LogP contribution is 2.40. The highest BCUT2D eigenvalue weighted by atomic mass is 19.4. The molecular formula is C27H32F3N7. The van der Waals surface area contributed by atoms with Gasteiger partial charge in [0, 0.05) is 31.2 Å². The summed E-state index contributed by atoms with van der Waals surface area (Å²) >= 11 is 0. The van der Waals surface area contributed by atoms with Gasteiger partial charge in [0.25, 0.3) is 0 Å². The number of rotatable bonds is 7. The van der Waals surface area contributed by atoms with Gasteiger partial charge in [0.15, 0.2) is 0 Å². The van der Waals surface area contributed by atoms with Crippen molar-refractivity contribution < 1.29 is 13.2 Å². The van der Waals surface area contributed by atoms with E-state index in [1.165, 1.54) is 25.3 Å². The van der Waals surface area contributed by atoms with E-state index in [0.29, 0.717) is 40.8 Å². The lowest BCUT2D eigenvalue weighted by Gasteiger charge is -2.42. The second-order valence-corrected chi connectivity index (χ2v) is 10.9. The summed E-state index contributed by atoms with van der Waals surface area (Å²) in [5, 5.41) is 0.928. The number of halogens is 3. The van der Waals surface area contributed by atoms with E-state index < -0.39 is 11.7 Å². The monoisotopic (exact) mass is 511 g/mol. The van der Waals surface area contributed by atoms with E-state index in [2.05, 4.69) is 42.6 Å². The third-order valence-corrected chi connectivity index (χ3v) is 8.47. The number of hydrogen-bond acceptors (Lipinski definition) is 5. The van der Waals surface area contributed by atoms with E-state index in [-0.39, 0.29) is 0 Å². The van der Waals surface area contributed by atoms with Gasteiger partial charge in [-0.05, 0) is 81.7 Å². The summed E-state index contributed by atoms with van der Waals surface area (Å²) in [7, 11) is 2.24. The first kappa shape index (κ1) is 24.2. The largest absolute Gasteiger partial charge is 0.416 e. The molecule has 37 heavy (non-hydrogen) atoms. The van der Waals surface area contributed by atoms with Crippen LogP contribution < -0.4 is 5.73 Å². The Morgan fingerprint density at radius 2 is 1.95 bits per heavy atom. The average molecular weight is 512 g/mol. The van der Waals surface area contributed by atoms with Crippen LogP contribution in [-0.4, -0.2) is 49.0 Å². The molecule has 0 amide bonds. The van der Waals surface area contributed by atoms with Gasteiger partial charge in [-0.25, -0.2) is 15.0 Å². The number of aryl methyl sites for hydroxylation is 1. The molecule has 2 saturated carbocycles. The molecule has 10 heteroatoms. The van der Waals surface area contributed by atoms with Crippen LogP contribution >= 0.6 is 0 Å². The van der Waals surface area contributed by atoms with Crippen molar-refractivity contribution in [3.8, 4) is 0 Å². The molecular weight excluding hydrogens is 479 g/mol. The summed E-state index contributed by atoms with van der Waals surface area (Å²) in [5.41, 5.74) is 7.33. The number of nitrogens with two attached hydrogens (primary N) is 1. The quantitative estimate of drug-likeness (QED) is 0.338. The van der Waals surface area contributed by atoms with Crippen LogP contribution in [0.5, 0.6) is 0 Å². The number of nitrogens with one attached hydrogen (secondary N) is 1. The molecule has 7 nitrogen and oxygen atoms in total. The molecule has 3 N–H and O–H groups in total. The van der Waals surface area contributed by atoms with Crippen molar-refractivity contribution in [1.82, 2.24) is 29.4 Å². The third-order valence-electron chi connectivity index (χ3n) is 8.47. The van der Waals surface area contributed by atoms with Gasteiger partial charge in [-0.1, -0.05) is 0 Å². The molecule has 3 aromatic heterocycles. The van der Waals surface area contributed by atoms with E-state index in [9.17, 15) is 13.2 Å². The first-order valence-electron chi connectivity index (χ1n) is 13.1. The van der Waals surface area contributed by atoms with Crippen molar-refractivity contribution in [2.45, 2.75) is 63.2 Å². The molecule has 0 bridgehead atoms. The lowest BCUT2D eigenvalue weighted by molar-refractivity contribution is -0.137. The van der Waals surface area contributed by atoms with Gasteiger partial charge in [-0.3, -0.25) is 0 Å². The second-order valence-electron chi connectivity index (χ2n) is 10.9. The first-order valence-corrected chi connectivity index (χ1v) is 13.1. The van der Waals surface area contributed by atoms with Crippen LogP contribution in [0.25, 0.3) is 22.1 Å². The first-order chi connectivity index (χ1) is 17.7. The Morgan fingerprint density at radius 3 is 2.76 bits per heavy atom. The summed E-state index contributed by atoms with van der Waals surface area (Å²) in [5.74, 6) is 2.61. The maximum absolute atomic E-state index is 13.0. The Labute approximate surface area is 213 Å². The number of H-pyrrole nitrogens is 1. The van der Waals surface area contributed by atoms with E-state index in [1.54, 1.807) is 6.33 Å². The number of aromatic amines is 1. The maximum Gasteiger partial charge on any atom is 0.416 e. The standard InChI is InChI=1S/C27H32F3N7/c1-36(14-17-2-5-19(12-17)37-9-8-21-25(31)32-15-33-26(21)37)20-10-16(11-20)3-7-24-34-22-6-4-18(27(28,29)30)13-23(22)35-24/h4,6,8-9,13,15-17,19-20H,2-3,5,7,10-12,14H2,1H3,(H,34,35)(H2,31,32,33)/t16?,17-,19+,20?/m1/s1. The fourth-order valence-corrected chi connectivity index (χ4v) is 6.30. The van der Waals surface area contributed by atoms with Crippen LogP contribution in [0.3, 0.4) is 0 Å². The van der Waals surface area contributed by atoms with Gasteiger partial charge in [0.05, 0.1) is 22.0 Å². The number of imidazole rings is 1. The van der Waals surface area contributed by atoms with Gasteiger partial charge in [0.1, 0.15) is 23.6 Å². The number of fused-ring (bicyclic) bond motifs is 2. The molecule has 2 atom stereocenters. The maximum atomic E-state index is 13.0. The highest BCUT2D eigenvalue weighted by molar-refractivity contribution is 5.86. The molecule has 6 rings (SSSR count). The molecule has 0 aliphatic heterocycles.